The van der Waals surface area contributed by atoms with Crippen LogP contribution in [0, 0.1) is 13.8 Å². The van der Waals surface area contributed by atoms with Gasteiger partial charge in [-0.05, 0) is 69.2 Å². The van der Waals surface area contributed by atoms with E-state index in [0.717, 1.165) is 24.9 Å². The number of carboxylic acid groups (broad SMARTS) is 1. The summed E-state index contributed by atoms with van der Waals surface area (Å²) in [5.41, 5.74) is 4.80. The fourth-order valence-electron chi connectivity index (χ4n) is 4.06. The van der Waals surface area contributed by atoms with Crippen LogP contribution >= 0.6 is 0 Å². The van der Waals surface area contributed by atoms with Crippen LogP contribution in [0.25, 0.3) is 0 Å². The first-order chi connectivity index (χ1) is 10.7. The molecule has 0 saturated carbocycles. The van der Waals surface area contributed by atoms with Gasteiger partial charge >= 0.3 is 5.97 Å². The molecule has 0 aromatic heterocycles. The molecule has 3 nitrogen and oxygen atoms in total. The zero-order valence-electron chi connectivity index (χ0n) is 15.4. The average molecular weight is 317 g/mol. The van der Waals surface area contributed by atoms with Crippen LogP contribution in [-0.2, 0) is 4.79 Å². The minimum atomic E-state index is -0.703. The first kappa shape index (κ1) is 17.8. The van der Waals surface area contributed by atoms with Crippen molar-refractivity contribution < 1.29 is 9.90 Å². The molecule has 3 heteroatoms. The van der Waals surface area contributed by atoms with Crippen molar-refractivity contribution in [2.75, 3.05) is 4.90 Å². The van der Waals surface area contributed by atoms with Gasteiger partial charge in [-0.25, -0.2) is 4.79 Å². The SMILES string of the molecule is CCCC[C@H](C(=O)O)N1c2cc(C)c(C)cc2[C@@H](C)CC1(C)C. The van der Waals surface area contributed by atoms with Crippen LogP contribution < -0.4 is 4.90 Å². The number of fused-ring (bicyclic) bond motifs is 1. The van der Waals surface area contributed by atoms with Crippen molar-refractivity contribution in [1.82, 2.24) is 0 Å². The summed E-state index contributed by atoms with van der Waals surface area (Å²) in [5, 5.41) is 9.86. The van der Waals surface area contributed by atoms with E-state index in [1.165, 1.54) is 16.7 Å². The van der Waals surface area contributed by atoms with E-state index < -0.39 is 12.0 Å². The van der Waals surface area contributed by atoms with Gasteiger partial charge in [0.15, 0.2) is 0 Å². The second-order valence-electron chi connectivity index (χ2n) is 7.78. The fraction of sp³-hybridized carbons (Fsp3) is 0.650. The van der Waals surface area contributed by atoms with E-state index in [1.54, 1.807) is 0 Å². The van der Waals surface area contributed by atoms with Gasteiger partial charge in [0.2, 0.25) is 0 Å². The molecule has 0 amide bonds. The molecule has 2 rings (SSSR count). The molecule has 0 bridgehead atoms. The summed E-state index contributed by atoms with van der Waals surface area (Å²) >= 11 is 0. The largest absolute Gasteiger partial charge is 0.480 e. The van der Waals surface area contributed by atoms with Gasteiger partial charge in [-0.2, -0.15) is 0 Å². The number of rotatable bonds is 5. The second kappa shape index (κ2) is 6.54. The molecule has 2 atom stereocenters. The Morgan fingerprint density at radius 2 is 1.96 bits per heavy atom. The first-order valence-corrected chi connectivity index (χ1v) is 8.82. The molecule has 23 heavy (non-hydrogen) atoms. The number of anilines is 1. The number of hydrogen-bond acceptors (Lipinski definition) is 2. The molecule has 1 aliphatic rings. The number of hydrogen-bond donors (Lipinski definition) is 1. The lowest BCUT2D eigenvalue weighted by Crippen LogP contribution is -2.56. The van der Waals surface area contributed by atoms with E-state index in [4.69, 9.17) is 0 Å². The first-order valence-electron chi connectivity index (χ1n) is 8.82. The monoisotopic (exact) mass is 317 g/mol. The smallest absolute Gasteiger partial charge is 0.326 e. The van der Waals surface area contributed by atoms with Crippen LogP contribution in [0.1, 0.15) is 76.0 Å². The molecule has 1 aromatic rings. The molecular formula is C20H31NO2. The Morgan fingerprint density at radius 1 is 1.35 bits per heavy atom. The van der Waals surface area contributed by atoms with E-state index in [-0.39, 0.29) is 5.54 Å². The number of nitrogens with zero attached hydrogens (tertiary/aromatic N) is 1. The summed E-state index contributed by atoms with van der Waals surface area (Å²) in [6.07, 6.45) is 3.65. The van der Waals surface area contributed by atoms with Crippen LogP contribution in [0.5, 0.6) is 0 Å². The third-order valence-electron chi connectivity index (χ3n) is 5.32. The number of benzene rings is 1. The summed E-state index contributed by atoms with van der Waals surface area (Å²) in [5.74, 6) is -0.249. The van der Waals surface area contributed by atoms with Crippen LogP contribution in [0.15, 0.2) is 12.1 Å². The van der Waals surface area contributed by atoms with Gasteiger partial charge in [0.1, 0.15) is 6.04 Å². The number of aryl methyl sites for hydroxylation is 2. The molecule has 1 aliphatic heterocycles. The summed E-state index contributed by atoms with van der Waals surface area (Å²) in [6.45, 7) is 13.0. The molecule has 0 saturated heterocycles. The Balaban J connectivity index is 2.58. The number of unbranched alkanes of at least 4 members (excludes halogenated alkanes) is 1. The maximum Gasteiger partial charge on any atom is 0.326 e. The van der Waals surface area contributed by atoms with Crippen molar-refractivity contribution in [3.8, 4) is 0 Å². The highest BCUT2D eigenvalue weighted by molar-refractivity contribution is 5.80. The van der Waals surface area contributed by atoms with Gasteiger partial charge in [-0.3, -0.25) is 0 Å². The number of carbonyl (C=O) groups is 1. The van der Waals surface area contributed by atoms with Crippen molar-refractivity contribution in [1.29, 1.82) is 0 Å². The van der Waals surface area contributed by atoms with E-state index in [0.29, 0.717) is 12.3 Å². The topological polar surface area (TPSA) is 40.5 Å². The average Bonchev–Trinajstić information content (AvgIpc) is 2.43. The van der Waals surface area contributed by atoms with Crippen LogP contribution in [0.2, 0.25) is 0 Å². The molecule has 0 aliphatic carbocycles. The molecule has 0 radical (unpaired) electrons. The van der Waals surface area contributed by atoms with Gasteiger partial charge in [-0.1, -0.05) is 32.8 Å². The quantitative estimate of drug-likeness (QED) is 0.827. The van der Waals surface area contributed by atoms with Gasteiger partial charge in [0.25, 0.3) is 0 Å². The highest BCUT2D eigenvalue weighted by Gasteiger charge is 2.42. The van der Waals surface area contributed by atoms with E-state index in [9.17, 15) is 9.90 Å². The molecule has 1 aromatic carbocycles. The standard InChI is InChI=1S/C20H31NO2/c1-7-8-9-17(19(22)23)21-18-11-14(3)13(2)10-16(18)15(4)12-20(21,5)6/h10-11,15,17H,7-9,12H2,1-6H3,(H,22,23)/t15-,17+/m0/s1. The highest BCUT2D eigenvalue weighted by Crippen LogP contribution is 2.45. The van der Waals surface area contributed by atoms with Crippen LogP contribution in [-0.4, -0.2) is 22.7 Å². The molecular weight excluding hydrogens is 286 g/mol. The second-order valence-corrected chi connectivity index (χ2v) is 7.78. The Bertz CT molecular complexity index is 592. The molecule has 128 valence electrons. The van der Waals surface area contributed by atoms with Gasteiger partial charge < -0.3 is 10.0 Å². The predicted molar refractivity (Wildman–Crippen MR) is 96.5 cm³/mol. The van der Waals surface area contributed by atoms with Gasteiger partial charge in [-0.15, -0.1) is 0 Å². The van der Waals surface area contributed by atoms with Crippen molar-refractivity contribution >= 4 is 11.7 Å². The number of carboxylic acids is 1. The Hall–Kier alpha value is -1.51. The fourth-order valence-corrected chi connectivity index (χ4v) is 4.06. The molecule has 1 N–H and O–H groups in total. The minimum Gasteiger partial charge on any atom is -0.480 e. The number of aliphatic carboxylic acids is 1. The molecule has 0 spiro atoms. The van der Waals surface area contributed by atoms with E-state index in [2.05, 4.69) is 58.6 Å². The summed E-state index contributed by atoms with van der Waals surface area (Å²) in [6, 6.07) is 4.01. The van der Waals surface area contributed by atoms with Crippen molar-refractivity contribution in [2.45, 2.75) is 84.7 Å². The van der Waals surface area contributed by atoms with Crippen LogP contribution in [0.3, 0.4) is 0 Å². The summed E-state index contributed by atoms with van der Waals surface area (Å²) in [7, 11) is 0. The van der Waals surface area contributed by atoms with Crippen LogP contribution in [0.4, 0.5) is 5.69 Å². The van der Waals surface area contributed by atoms with Gasteiger partial charge in [0.05, 0.1) is 0 Å². The lowest BCUT2D eigenvalue weighted by Gasteiger charge is -2.50. The van der Waals surface area contributed by atoms with Crippen molar-refractivity contribution in [2.24, 2.45) is 0 Å². The van der Waals surface area contributed by atoms with E-state index in [1.807, 2.05) is 0 Å². The molecule has 0 unspecified atom stereocenters. The molecule has 0 fully saturated rings. The normalized spacial score (nSPS) is 21.0. The highest BCUT2D eigenvalue weighted by atomic mass is 16.4. The third-order valence-corrected chi connectivity index (χ3v) is 5.32. The maximum atomic E-state index is 12.0. The predicted octanol–water partition coefficient (Wildman–Crippen LogP) is 5.04. The van der Waals surface area contributed by atoms with E-state index >= 15 is 0 Å². The van der Waals surface area contributed by atoms with Gasteiger partial charge in [0, 0.05) is 11.2 Å². The van der Waals surface area contributed by atoms with Crippen molar-refractivity contribution in [3.05, 3.63) is 28.8 Å². The summed E-state index contributed by atoms with van der Waals surface area (Å²) < 4.78 is 0. The zero-order valence-corrected chi connectivity index (χ0v) is 15.4. The third kappa shape index (κ3) is 3.39. The minimum absolute atomic E-state index is 0.148. The zero-order chi connectivity index (χ0) is 17.4. The molecule has 1 heterocycles. The Labute approximate surface area is 140 Å². The Kier molecular flexibility index (Phi) is 5.07. The lowest BCUT2D eigenvalue weighted by atomic mass is 9.77. The van der Waals surface area contributed by atoms with Crippen molar-refractivity contribution in [3.63, 3.8) is 0 Å². The Morgan fingerprint density at radius 3 is 2.52 bits per heavy atom. The maximum absolute atomic E-state index is 12.0. The summed E-state index contributed by atoms with van der Waals surface area (Å²) in [4.78, 5) is 14.2. The lowest BCUT2D eigenvalue weighted by molar-refractivity contribution is -0.139.